The fourth-order valence-electron chi connectivity index (χ4n) is 3.64. The van der Waals surface area contributed by atoms with Crippen molar-refractivity contribution < 1.29 is 13.9 Å². The molecule has 1 saturated heterocycles. The van der Waals surface area contributed by atoms with E-state index in [0.29, 0.717) is 36.9 Å². The van der Waals surface area contributed by atoms with E-state index in [1.165, 1.54) is 6.07 Å². The third-order valence-corrected chi connectivity index (χ3v) is 5.49. The average molecular weight is 430 g/mol. The Morgan fingerprint density at radius 2 is 2.07 bits per heavy atom. The lowest BCUT2D eigenvalue weighted by molar-refractivity contribution is -0.0354. The maximum Gasteiger partial charge on any atom is 0.127 e. The van der Waals surface area contributed by atoms with Crippen molar-refractivity contribution in [2.45, 2.75) is 19.1 Å². The van der Waals surface area contributed by atoms with Crippen molar-refractivity contribution in [3.05, 3.63) is 82.4 Å². The van der Waals surface area contributed by atoms with Crippen LogP contribution in [0.4, 0.5) is 4.39 Å². The van der Waals surface area contributed by atoms with Gasteiger partial charge in [-0.1, -0.05) is 35.9 Å². The summed E-state index contributed by atoms with van der Waals surface area (Å²) in [5, 5.41) is 5.30. The van der Waals surface area contributed by atoms with Crippen LogP contribution in [-0.2, 0) is 24.8 Å². The number of halogens is 2. The molecule has 2 aromatic carbocycles. The molecular weight excluding hydrogens is 405 g/mol. The number of benzene rings is 2. The summed E-state index contributed by atoms with van der Waals surface area (Å²) in [6, 6.07) is 16.4. The summed E-state index contributed by atoms with van der Waals surface area (Å²) in [7, 11) is 1.93. The second-order valence-electron chi connectivity index (χ2n) is 7.43. The predicted molar refractivity (Wildman–Crippen MR) is 114 cm³/mol. The molecule has 1 aromatic heterocycles. The smallest absolute Gasteiger partial charge is 0.127 e. The molecule has 5 nitrogen and oxygen atoms in total. The highest BCUT2D eigenvalue weighted by molar-refractivity contribution is 6.30. The van der Waals surface area contributed by atoms with Crippen LogP contribution < -0.4 is 4.74 Å². The van der Waals surface area contributed by atoms with Crippen LogP contribution in [0.15, 0.2) is 54.6 Å². The van der Waals surface area contributed by atoms with Gasteiger partial charge in [0.1, 0.15) is 17.7 Å². The van der Waals surface area contributed by atoms with Gasteiger partial charge < -0.3 is 9.47 Å². The summed E-state index contributed by atoms with van der Waals surface area (Å²) in [6.45, 7) is 3.16. The van der Waals surface area contributed by atoms with Crippen LogP contribution >= 0.6 is 11.6 Å². The number of hydrogen-bond acceptors (Lipinski definition) is 4. The lowest BCUT2D eigenvalue weighted by Gasteiger charge is -2.32. The highest BCUT2D eigenvalue weighted by atomic mass is 35.5. The van der Waals surface area contributed by atoms with Crippen molar-refractivity contribution >= 4 is 11.6 Å². The zero-order valence-electron chi connectivity index (χ0n) is 16.9. The van der Waals surface area contributed by atoms with E-state index in [4.69, 9.17) is 21.1 Å². The van der Waals surface area contributed by atoms with Gasteiger partial charge in [0, 0.05) is 49.4 Å². The van der Waals surface area contributed by atoms with Gasteiger partial charge in [0.05, 0.1) is 18.9 Å². The van der Waals surface area contributed by atoms with E-state index in [1.54, 1.807) is 12.1 Å². The zero-order valence-corrected chi connectivity index (χ0v) is 17.7. The number of aromatic nitrogens is 2. The van der Waals surface area contributed by atoms with E-state index in [-0.39, 0.29) is 11.9 Å². The number of morpholine rings is 1. The summed E-state index contributed by atoms with van der Waals surface area (Å²) in [5.74, 6) is 0.588. The van der Waals surface area contributed by atoms with E-state index in [2.05, 4.69) is 16.1 Å². The van der Waals surface area contributed by atoms with Gasteiger partial charge in [-0.15, -0.1) is 0 Å². The highest BCUT2D eigenvalue weighted by Gasteiger charge is 2.25. The Bertz CT molecular complexity index is 994. The molecule has 1 fully saturated rings. The molecule has 0 aliphatic carbocycles. The van der Waals surface area contributed by atoms with E-state index >= 15 is 0 Å². The van der Waals surface area contributed by atoms with Crippen molar-refractivity contribution in [1.29, 1.82) is 0 Å². The van der Waals surface area contributed by atoms with Crippen LogP contribution in [0.1, 0.15) is 23.1 Å². The Kier molecular flexibility index (Phi) is 6.67. The Hall–Kier alpha value is -2.41. The predicted octanol–water partition coefficient (Wildman–Crippen LogP) is 4.41. The maximum absolute atomic E-state index is 14.0. The van der Waals surface area contributed by atoms with E-state index in [0.717, 1.165) is 30.1 Å². The maximum atomic E-state index is 14.0. The van der Waals surface area contributed by atoms with Crippen LogP contribution in [0.5, 0.6) is 5.75 Å². The Morgan fingerprint density at radius 3 is 2.90 bits per heavy atom. The summed E-state index contributed by atoms with van der Waals surface area (Å²) in [5.41, 5.74) is 2.67. The molecule has 1 aliphatic heterocycles. The van der Waals surface area contributed by atoms with Gasteiger partial charge in [-0.3, -0.25) is 9.58 Å². The molecular formula is C23H25ClFN3O2. The first-order valence-corrected chi connectivity index (χ1v) is 10.4. The molecule has 0 radical (unpaired) electrons. The largest absolute Gasteiger partial charge is 0.493 e. The minimum atomic E-state index is -0.166. The van der Waals surface area contributed by atoms with E-state index < -0.39 is 0 Å². The van der Waals surface area contributed by atoms with Crippen molar-refractivity contribution in [2.75, 3.05) is 26.3 Å². The van der Waals surface area contributed by atoms with E-state index in [1.807, 2.05) is 42.1 Å². The molecule has 0 spiro atoms. The van der Waals surface area contributed by atoms with Gasteiger partial charge in [-0.05, 0) is 30.3 Å². The molecule has 0 bridgehead atoms. The molecule has 7 heteroatoms. The molecule has 4 rings (SSSR count). The zero-order chi connectivity index (χ0) is 20.9. The first-order chi connectivity index (χ1) is 14.6. The van der Waals surface area contributed by atoms with Gasteiger partial charge in [0.25, 0.3) is 0 Å². The lowest BCUT2D eigenvalue weighted by atomic mass is 10.1. The molecule has 158 valence electrons. The molecule has 0 amide bonds. The number of rotatable bonds is 7. The average Bonchev–Trinajstić information content (AvgIpc) is 3.11. The minimum absolute atomic E-state index is 0.126. The van der Waals surface area contributed by atoms with Crippen molar-refractivity contribution in [1.82, 2.24) is 14.7 Å². The Balaban J connectivity index is 1.35. The van der Waals surface area contributed by atoms with Crippen molar-refractivity contribution in [2.24, 2.45) is 7.05 Å². The minimum Gasteiger partial charge on any atom is -0.493 e. The van der Waals surface area contributed by atoms with Gasteiger partial charge in [-0.2, -0.15) is 5.10 Å². The molecule has 3 aromatic rings. The molecule has 1 aliphatic rings. The monoisotopic (exact) mass is 429 g/mol. The number of aryl methyl sites for hydroxylation is 1. The fraction of sp³-hybridized carbons (Fsp3) is 0.348. The van der Waals surface area contributed by atoms with Gasteiger partial charge >= 0.3 is 0 Å². The SMILES string of the molecule is Cn1nc(C2CN(Cc3ccccc3F)CCO2)cc1CCOc1cccc(Cl)c1. The summed E-state index contributed by atoms with van der Waals surface area (Å²) in [4.78, 5) is 2.21. The topological polar surface area (TPSA) is 39.5 Å². The van der Waals surface area contributed by atoms with Crippen LogP contribution in [0.3, 0.4) is 0 Å². The third kappa shape index (κ3) is 5.19. The fourth-order valence-corrected chi connectivity index (χ4v) is 3.82. The number of hydrogen-bond donors (Lipinski definition) is 0. The van der Waals surface area contributed by atoms with E-state index in [9.17, 15) is 4.39 Å². The number of nitrogens with zero attached hydrogens (tertiary/aromatic N) is 3. The second kappa shape index (κ2) is 9.60. The Labute approximate surface area is 181 Å². The quantitative estimate of drug-likeness (QED) is 0.557. The van der Waals surface area contributed by atoms with Crippen molar-refractivity contribution in [3.8, 4) is 5.75 Å². The van der Waals surface area contributed by atoms with Gasteiger partial charge in [0.15, 0.2) is 0 Å². The van der Waals surface area contributed by atoms with Crippen LogP contribution in [-0.4, -0.2) is 41.0 Å². The molecule has 0 saturated carbocycles. The third-order valence-electron chi connectivity index (χ3n) is 5.25. The van der Waals surface area contributed by atoms with Crippen LogP contribution in [0.25, 0.3) is 0 Å². The molecule has 0 N–H and O–H groups in total. The normalized spacial score (nSPS) is 17.2. The molecule has 1 unspecified atom stereocenters. The first kappa shape index (κ1) is 20.8. The second-order valence-corrected chi connectivity index (χ2v) is 7.86. The van der Waals surface area contributed by atoms with Gasteiger partial charge in [0.2, 0.25) is 0 Å². The highest BCUT2D eigenvalue weighted by Crippen LogP contribution is 2.24. The summed E-state index contributed by atoms with van der Waals surface area (Å²) < 4.78 is 27.6. The first-order valence-electron chi connectivity index (χ1n) is 10.1. The molecule has 1 atom stereocenters. The van der Waals surface area contributed by atoms with Crippen molar-refractivity contribution in [3.63, 3.8) is 0 Å². The van der Waals surface area contributed by atoms with Gasteiger partial charge in [-0.25, -0.2) is 4.39 Å². The standard InChI is InChI=1S/C23H25ClFN3O2/c1-27-19(9-11-29-20-7-4-6-18(24)13-20)14-22(26-27)23-16-28(10-12-30-23)15-17-5-2-3-8-21(17)25/h2-8,13-14,23H,9-12,15-16H2,1H3. The number of ether oxygens (including phenoxy) is 2. The Morgan fingerprint density at radius 1 is 1.20 bits per heavy atom. The van der Waals surface area contributed by atoms with Crippen LogP contribution in [0, 0.1) is 5.82 Å². The summed E-state index contributed by atoms with van der Waals surface area (Å²) >= 11 is 5.99. The molecule has 2 heterocycles. The van der Waals surface area contributed by atoms with Crippen LogP contribution in [0.2, 0.25) is 5.02 Å². The summed E-state index contributed by atoms with van der Waals surface area (Å²) in [6.07, 6.45) is 0.598. The molecule has 30 heavy (non-hydrogen) atoms. The lowest BCUT2D eigenvalue weighted by Crippen LogP contribution is -2.38.